The quantitative estimate of drug-likeness (QED) is 0.454. The van der Waals surface area contributed by atoms with Crippen LogP contribution in [0.5, 0.6) is 0 Å². The van der Waals surface area contributed by atoms with Crippen molar-refractivity contribution in [2.24, 2.45) is 0 Å². The fourth-order valence-electron chi connectivity index (χ4n) is 0. The van der Waals surface area contributed by atoms with Gasteiger partial charge in [-0.2, -0.15) is 8.42 Å². The minimum Gasteiger partial charge on any atom is -0.264 e. The second kappa shape index (κ2) is 2.92. The molecule has 1 N–H and O–H groups in total. The molecule has 43 valence electrons. The summed E-state index contributed by atoms with van der Waals surface area (Å²) in [4.78, 5) is 0. The highest BCUT2D eigenvalue weighted by Gasteiger charge is 1.93. The van der Waals surface area contributed by atoms with Crippen LogP contribution < -0.4 is 6.15 Å². The number of nitrogens with zero attached hydrogens (tertiary/aromatic N) is 1. The fraction of sp³-hybridized carbons (Fsp3) is 1.00. The van der Waals surface area contributed by atoms with Gasteiger partial charge in [0.2, 0.25) is 0 Å². The largest absolute Gasteiger partial charge is 0.397 e. The molecule has 0 atom stereocenters. The van der Waals surface area contributed by atoms with Gasteiger partial charge in [-0.15, -0.1) is 0 Å². The van der Waals surface area contributed by atoms with Gasteiger partial charge in [0.15, 0.2) is 0 Å². The molecule has 0 aliphatic heterocycles. The molecule has 0 aliphatic rings. The van der Waals surface area contributed by atoms with Crippen molar-refractivity contribution in [3.63, 3.8) is 0 Å². The van der Waals surface area contributed by atoms with E-state index in [-0.39, 0.29) is 6.15 Å². The molecule has 0 aliphatic carbocycles. The van der Waals surface area contributed by atoms with Gasteiger partial charge in [-0.3, -0.25) is 8.74 Å². The number of hydrogen-bond donors (Lipinski definition) is 1. The minimum absolute atomic E-state index is 0. The van der Waals surface area contributed by atoms with Crippen LogP contribution in [0.4, 0.5) is 0 Å². The topological polar surface area (TPSA) is 94.1 Å². The Labute approximate surface area is 41.8 Å². The molecule has 0 saturated heterocycles. The first-order valence-corrected chi connectivity index (χ1v) is 2.46. The van der Waals surface area contributed by atoms with Gasteiger partial charge < -0.3 is 0 Å². The molecule has 0 rings (SSSR count). The van der Waals surface area contributed by atoms with Crippen molar-refractivity contribution >= 4 is 10.4 Å². The van der Waals surface area contributed by atoms with E-state index >= 15 is 0 Å². The van der Waals surface area contributed by atoms with E-state index in [0.717, 1.165) is 7.11 Å². The maximum atomic E-state index is 9.33. The van der Waals surface area contributed by atoms with E-state index in [1.807, 2.05) is 0 Å². The Balaban J connectivity index is 0. The van der Waals surface area contributed by atoms with E-state index in [1.165, 1.54) is 0 Å². The van der Waals surface area contributed by atoms with Gasteiger partial charge >= 0.3 is 10.4 Å². The molecular formula is CH4NO4S. The van der Waals surface area contributed by atoms with Gasteiger partial charge in [0.25, 0.3) is 0 Å². The van der Waals surface area contributed by atoms with Gasteiger partial charge in [-0.1, -0.05) is 0 Å². The van der Waals surface area contributed by atoms with Crippen molar-refractivity contribution < 1.29 is 17.2 Å². The zero-order valence-corrected chi connectivity index (χ0v) is 4.34. The van der Waals surface area contributed by atoms with Crippen LogP contribution in [0.15, 0.2) is 0 Å². The monoisotopic (exact) mass is 126 g/mol. The van der Waals surface area contributed by atoms with Crippen molar-refractivity contribution in [1.82, 2.24) is 6.15 Å². The van der Waals surface area contributed by atoms with Crippen molar-refractivity contribution in [2.75, 3.05) is 7.11 Å². The molecule has 7 heavy (non-hydrogen) atoms. The highest BCUT2D eigenvalue weighted by molar-refractivity contribution is 7.80. The third-order valence-corrected chi connectivity index (χ3v) is 0.632. The average molecular weight is 126 g/mol. The van der Waals surface area contributed by atoms with E-state index in [2.05, 4.69) is 4.18 Å². The summed E-state index contributed by atoms with van der Waals surface area (Å²) in [5.41, 5.74) is 0. The van der Waals surface area contributed by atoms with Crippen molar-refractivity contribution in [3.8, 4) is 0 Å². The first-order chi connectivity index (χ1) is 2.56. The molecule has 0 amide bonds. The average Bonchev–Trinajstić information content (AvgIpc) is 1.35. The zero-order chi connectivity index (χ0) is 5.21. The van der Waals surface area contributed by atoms with Gasteiger partial charge in [0.05, 0.1) is 7.11 Å². The molecule has 0 spiro atoms. The predicted octanol–water partition coefficient (Wildman–Crippen LogP) is -1.04. The fourth-order valence-corrected chi connectivity index (χ4v) is 0. The molecule has 0 heterocycles. The first kappa shape index (κ1) is 9.95. The normalized spacial score (nSPS) is 10.0. The van der Waals surface area contributed by atoms with E-state index < -0.39 is 10.4 Å². The van der Waals surface area contributed by atoms with Crippen LogP contribution in [-0.4, -0.2) is 20.1 Å². The molecule has 0 aromatic rings. The van der Waals surface area contributed by atoms with Crippen LogP contribution in [0.1, 0.15) is 0 Å². The molecule has 0 aromatic heterocycles. The molecule has 0 fully saturated rings. The Morgan fingerprint density at radius 1 is 1.57 bits per heavy atom. The molecule has 0 bridgehead atoms. The molecule has 0 saturated carbocycles. The third kappa shape index (κ3) is 10.7. The minimum atomic E-state index is -4.16. The summed E-state index contributed by atoms with van der Waals surface area (Å²) >= 11 is 0. The standard InChI is InChI=1S/CH4O4S.N/c1-5-6(2,3)4;/h1H3,(H,2,3,4);. The van der Waals surface area contributed by atoms with Crippen LogP contribution >= 0.6 is 0 Å². The summed E-state index contributed by atoms with van der Waals surface area (Å²) in [7, 11) is -3.29. The number of hydrogen-bond acceptors (Lipinski definition) is 3. The van der Waals surface area contributed by atoms with E-state index in [1.54, 1.807) is 0 Å². The summed E-state index contributed by atoms with van der Waals surface area (Å²) < 4.78 is 29.7. The molecular weight excluding hydrogens is 122 g/mol. The Bertz CT molecular complexity index is 114. The van der Waals surface area contributed by atoms with E-state index in [0.29, 0.717) is 0 Å². The van der Waals surface area contributed by atoms with Gasteiger partial charge in [0.1, 0.15) is 0 Å². The van der Waals surface area contributed by atoms with Crippen molar-refractivity contribution in [3.05, 3.63) is 0 Å². The van der Waals surface area contributed by atoms with Crippen molar-refractivity contribution in [1.29, 1.82) is 0 Å². The summed E-state index contributed by atoms with van der Waals surface area (Å²) in [5, 5.41) is 0. The summed E-state index contributed by atoms with van der Waals surface area (Å²) in [6.07, 6.45) is 0. The molecule has 5 nitrogen and oxygen atoms in total. The predicted molar refractivity (Wildman–Crippen MR) is 20.7 cm³/mol. The smallest absolute Gasteiger partial charge is 0.264 e. The van der Waals surface area contributed by atoms with Gasteiger partial charge in [-0.05, 0) is 0 Å². The first-order valence-electron chi connectivity index (χ1n) is 1.09. The Morgan fingerprint density at radius 2 is 1.71 bits per heavy atom. The SMILES string of the molecule is COS(=O)(=O)O.[N]. The zero-order valence-electron chi connectivity index (χ0n) is 3.53. The van der Waals surface area contributed by atoms with Crippen LogP contribution in [0.2, 0.25) is 0 Å². The van der Waals surface area contributed by atoms with Crippen LogP contribution in [0.25, 0.3) is 0 Å². The van der Waals surface area contributed by atoms with Crippen LogP contribution in [0.3, 0.4) is 0 Å². The maximum Gasteiger partial charge on any atom is 0.397 e. The molecule has 0 unspecified atom stereocenters. The number of rotatable bonds is 1. The Hall–Kier alpha value is -0.170. The molecule has 6 heteroatoms. The second-order valence-electron chi connectivity index (χ2n) is 0.594. The maximum absolute atomic E-state index is 9.33. The Morgan fingerprint density at radius 3 is 1.71 bits per heavy atom. The lowest BCUT2D eigenvalue weighted by Crippen LogP contribution is -1.96. The summed E-state index contributed by atoms with van der Waals surface area (Å²) in [6.45, 7) is 0. The lowest BCUT2D eigenvalue weighted by Gasteiger charge is -1.82. The van der Waals surface area contributed by atoms with Crippen LogP contribution in [0, 0.1) is 0 Å². The third-order valence-electron chi connectivity index (χ3n) is 0.211. The lowest BCUT2D eigenvalue weighted by atomic mass is 11.8. The second-order valence-corrected chi connectivity index (χ2v) is 1.78. The van der Waals surface area contributed by atoms with Crippen LogP contribution in [-0.2, 0) is 14.6 Å². The van der Waals surface area contributed by atoms with Crippen molar-refractivity contribution in [2.45, 2.75) is 0 Å². The van der Waals surface area contributed by atoms with E-state index in [4.69, 9.17) is 4.55 Å². The molecule has 3 radical (unpaired) electrons. The highest BCUT2D eigenvalue weighted by atomic mass is 32.3. The lowest BCUT2D eigenvalue weighted by molar-refractivity contribution is 0.324. The van der Waals surface area contributed by atoms with Gasteiger partial charge in [-0.25, -0.2) is 0 Å². The Kier molecular flexibility index (Phi) is 4.14. The van der Waals surface area contributed by atoms with E-state index in [9.17, 15) is 8.42 Å². The summed E-state index contributed by atoms with van der Waals surface area (Å²) in [5.74, 6) is 0. The summed E-state index contributed by atoms with van der Waals surface area (Å²) in [6, 6.07) is 0. The molecule has 0 aromatic carbocycles. The van der Waals surface area contributed by atoms with Gasteiger partial charge in [0, 0.05) is 6.15 Å². The highest BCUT2D eigenvalue weighted by Crippen LogP contribution is 1.74.